The Morgan fingerprint density at radius 1 is 1.09 bits per heavy atom. The predicted molar refractivity (Wildman–Crippen MR) is 132 cm³/mol. The van der Waals surface area contributed by atoms with Gasteiger partial charge in [-0.1, -0.05) is 24.3 Å². The van der Waals surface area contributed by atoms with Gasteiger partial charge in [0, 0.05) is 51.3 Å². The van der Waals surface area contributed by atoms with E-state index in [1.807, 2.05) is 40.7 Å². The molecule has 1 aliphatic heterocycles. The average molecular weight is 466 g/mol. The van der Waals surface area contributed by atoms with Gasteiger partial charge < -0.3 is 9.64 Å². The minimum Gasteiger partial charge on any atom is -0.494 e. The highest BCUT2D eigenvalue weighted by atomic mass is 32.1. The fourth-order valence-electron chi connectivity index (χ4n) is 4.16. The molecule has 0 aliphatic carbocycles. The van der Waals surface area contributed by atoms with Gasteiger partial charge in [0.2, 0.25) is 5.91 Å². The molecule has 2 heterocycles. The van der Waals surface area contributed by atoms with Crippen LogP contribution in [-0.2, 0) is 17.9 Å². The van der Waals surface area contributed by atoms with E-state index >= 15 is 0 Å². The molecule has 3 aromatic rings. The lowest BCUT2D eigenvalue weighted by Gasteiger charge is -2.35. The van der Waals surface area contributed by atoms with E-state index in [1.165, 1.54) is 11.1 Å². The summed E-state index contributed by atoms with van der Waals surface area (Å²) < 4.78 is 7.94. The maximum absolute atomic E-state index is 12.9. The summed E-state index contributed by atoms with van der Waals surface area (Å²) in [5.41, 5.74) is 3.60. The Balaban J connectivity index is 1.32. The number of aromatic amines is 1. The van der Waals surface area contributed by atoms with E-state index in [0.717, 1.165) is 49.9 Å². The monoisotopic (exact) mass is 465 g/mol. The van der Waals surface area contributed by atoms with Crippen molar-refractivity contribution in [3.63, 3.8) is 0 Å². The summed E-state index contributed by atoms with van der Waals surface area (Å²) in [4.78, 5) is 17.3. The van der Waals surface area contributed by atoms with Crippen LogP contribution in [0.4, 0.5) is 0 Å². The molecule has 1 N–H and O–H groups in total. The Labute approximate surface area is 200 Å². The lowest BCUT2D eigenvalue weighted by atomic mass is 10.1. The van der Waals surface area contributed by atoms with Gasteiger partial charge >= 0.3 is 0 Å². The number of nitrogens with one attached hydrogen (secondary N) is 1. The molecule has 33 heavy (non-hydrogen) atoms. The molecule has 1 saturated heterocycles. The summed E-state index contributed by atoms with van der Waals surface area (Å²) >= 11 is 5.43. The maximum atomic E-state index is 12.9. The Hall–Kier alpha value is -2.97. The van der Waals surface area contributed by atoms with E-state index in [1.54, 1.807) is 0 Å². The number of amides is 1. The molecule has 0 radical (unpaired) electrons. The lowest BCUT2D eigenvalue weighted by Crippen LogP contribution is -2.48. The van der Waals surface area contributed by atoms with E-state index in [2.05, 4.69) is 46.3 Å². The molecular formula is C25H31N5O2S. The third kappa shape index (κ3) is 5.69. The molecule has 1 amide bonds. The zero-order valence-electron chi connectivity index (χ0n) is 19.3. The lowest BCUT2D eigenvalue weighted by molar-refractivity contribution is -0.133. The number of piperazine rings is 1. The minimum absolute atomic E-state index is 0.159. The van der Waals surface area contributed by atoms with Crippen LogP contribution in [0, 0.1) is 11.7 Å². The summed E-state index contributed by atoms with van der Waals surface area (Å²) in [6, 6.07) is 16.3. The van der Waals surface area contributed by atoms with Crippen molar-refractivity contribution in [1.29, 1.82) is 0 Å². The third-order valence-corrected chi connectivity index (χ3v) is 6.42. The SMILES string of the molecule is CCOc1ccc(-c2n[nH]c(=S)n2CCC(=O)N2CCN(Cc3ccccc3C)CC2)cc1. The number of hydrogen-bond acceptors (Lipinski definition) is 5. The molecular weight excluding hydrogens is 434 g/mol. The average Bonchev–Trinajstić information content (AvgIpc) is 3.20. The number of rotatable bonds is 8. The van der Waals surface area contributed by atoms with E-state index in [-0.39, 0.29) is 5.91 Å². The van der Waals surface area contributed by atoms with Gasteiger partial charge in [0.15, 0.2) is 10.6 Å². The van der Waals surface area contributed by atoms with Gasteiger partial charge in [0.1, 0.15) is 5.75 Å². The number of H-pyrrole nitrogens is 1. The van der Waals surface area contributed by atoms with Crippen LogP contribution in [0.25, 0.3) is 11.4 Å². The van der Waals surface area contributed by atoms with Crippen molar-refractivity contribution in [1.82, 2.24) is 24.6 Å². The summed E-state index contributed by atoms with van der Waals surface area (Å²) in [6.07, 6.45) is 0.398. The van der Waals surface area contributed by atoms with Crippen molar-refractivity contribution in [3.8, 4) is 17.1 Å². The topological polar surface area (TPSA) is 66.4 Å². The smallest absolute Gasteiger partial charge is 0.224 e. The first kappa shape index (κ1) is 23.2. The van der Waals surface area contributed by atoms with E-state index in [0.29, 0.717) is 24.3 Å². The van der Waals surface area contributed by atoms with Crippen LogP contribution in [0.15, 0.2) is 48.5 Å². The molecule has 1 fully saturated rings. The first-order chi connectivity index (χ1) is 16.0. The van der Waals surface area contributed by atoms with E-state index in [9.17, 15) is 4.79 Å². The molecule has 2 aromatic carbocycles. The van der Waals surface area contributed by atoms with Gasteiger partial charge in [-0.25, -0.2) is 0 Å². The molecule has 1 aromatic heterocycles. The number of aromatic nitrogens is 3. The summed E-state index contributed by atoms with van der Waals surface area (Å²) in [7, 11) is 0. The van der Waals surface area contributed by atoms with Crippen molar-refractivity contribution in [2.45, 2.75) is 33.4 Å². The van der Waals surface area contributed by atoms with E-state index in [4.69, 9.17) is 17.0 Å². The van der Waals surface area contributed by atoms with Gasteiger partial charge in [0.05, 0.1) is 6.61 Å². The van der Waals surface area contributed by atoms with Crippen molar-refractivity contribution < 1.29 is 9.53 Å². The molecule has 7 nitrogen and oxygen atoms in total. The van der Waals surface area contributed by atoms with Crippen molar-refractivity contribution >= 4 is 18.1 Å². The number of benzene rings is 2. The Bertz CT molecular complexity index is 1130. The van der Waals surface area contributed by atoms with Crippen LogP contribution in [-0.4, -0.2) is 63.3 Å². The highest BCUT2D eigenvalue weighted by Gasteiger charge is 2.22. The fraction of sp³-hybridized carbons (Fsp3) is 0.400. The quantitative estimate of drug-likeness (QED) is 0.509. The second-order valence-electron chi connectivity index (χ2n) is 8.29. The first-order valence-corrected chi connectivity index (χ1v) is 11.9. The van der Waals surface area contributed by atoms with Gasteiger partial charge in [-0.2, -0.15) is 5.10 Å². The number of carbonyl (C=O) groups is 1. The summed E-state index contributed by atoms with van der Waals surface area (Å²) in [5.74, 6) is 1.71. The second-order valence-corrected chi connectivity index (χ2v) is 8.68. The second kappa shape index (κ2) is 10.8. The molecule has 4 rings (SSSR count). The number of nitrogens with zero attached hydrogens (tertiary/aromatic N) is 4. The number of hydrogen-bond donors (Lipinski definition) is 1. The van der Waals surface area contributed by atoms with Gasteiger partial charge in [-0.3, -0.25) is 19.4 Å². The molecule has 0 spiro atoms. The standard InChI is InChI=1S/C25H31N5O2S/c1-3-32-22-10-8-20(9-11-22)24-26-27-25(33)30(24)13-12-23(31)29-16-14-28(15-17-29)18-21-7-5-4-6-19(21)2/h4-11H,3,12-18H2,1-2H3,(H,27,33). The van der Waals surface area contributed by atoms with Crippen molar-refractivity contribution in [2.75, 3.05) is 32.8 Å². The number of aryl methyl sites for hydroxylation is 1. The zero-order chi connectivity index (χ0) is 23.2. The van der Waals surface area contributed by atoms with Crippen LogP contribution < -0.4 is 4.74 Å². The maximum Gasteiger partial charge on any atom is 0.224 e. The number of carbonyl (C=O) groups excluding carboxylic acids is 1. The Kier molecular flexibility index (Phi) is 7.57. The highest BCUT2D eigenvalue weighted by molar-refractivity contribution is 7.71. The van der Waals surface area contributed by atoms with Gasteiger partial charge in [-0.05, 0) is 61.5 Å². The predicted octanol–water partition coefficient (Wildman–Crippen LogP) is 4.05. The van der Waals surface area contributed by atoms with Crippen molar-refractivity contribution in [2.24, 2.45) is 0 Å². The first-order valence-electron chi connectivity index (χ1n) is 11.5. The zero-order valence-corrected chi connectivity index (χ0v) is 20.1. The van der Waals surface area contributed by atoms with Crippen LogP contribution in [0.1, 0.15) is 24.5 Å². The highest BCUT2D eigenvalue weighted by Crippen LogP contribution is 2.22. The molecule has 1 aliphatic rings. The molecule has 174 valence electrons. The van der Waals surface area contributed by atoms with Gasteiger partial charge in [0.25, 0.3) is 0 Å². The third-order valence-electron chi connectivity index (χ3n) is 6.11. The summed E-state index contributed by atoms with van der Waals surface area (Å²) in [6.45, 7) is 9.47. The molecule has 0 bridgehead atoms. The van der Waals surface area contributed by atoms with Crippen molar-refractivity contribution in [3.05, 3.63) is 64.4 Å². The molecule has 0 saturated carbocycles. The van der Waals surface area contributed by atoms with E-state index < -0.39 is 0 Å². The Morgan fingerprint density at radius 2 is 1.82 bits per heavy atom. The minimum atomic E-state index is 0.159. The number of ether oxygens (including phenoxy) is 1. The largest absolute Gasteiger partial charge is 0.494 e. The van der Waals surface area contributed by atoms with Crippen LogP contribution in [0.5, 0.6) is 5.75 Å². The van der Waals surface area contributed by atoms with Gasteiger partial charge in [-0.15, -0.1) is 0 Å². The molecule has 0 unspecified atom stereocenters. The van der Waals surface area contributed by atoms with Crippen LogP contribution in [0.3, 0.4) is 0 Å². The van der Waals surface area contributed by atoms with Crippen LogP contribution in [0.2, 0.25) is 0 Å². The normalized spacial score (nSPS) is 14.4. The Morgan fingerprint density at radius 3 is 2.52 bits per heavy atom. The molecule has 0 atom stereocenters. The van der Waals surface area contributed by atoms with Crippen LogP contribution >= 0.6 is 12.2 Å². The fourth-order valence-corrected chi connectivity index (χ4v) is 4.39. The molecule has 8 heteroatoms. The summed E-state index contributed by atoms with van der Waals surface area (Å²) in [5, 5.41) is 7.25.